The first-order chi connectivity index (χ1) is 11.6. The summed E-state index contributed by atoms with van der Waals surface area (Å²) in [5, 5.41) is 5.20. The van der Waals surface area contributed by atoms with Gasteiger partial charge in [-0.3, -0.25) is 9.32 Å². The number of carbonyl (C=O) groups is 1. The molecule has 2 N–H and O–H groups in total. The van der Waals surface area contributed by atoms with Gasteiger partial charge in [0, 0.05) is 11.8 Å². The van der Waals surface area contributed by atoms with Crippen LogP contribution in [-0.2, 0) is 11.8 Å². The third kappa shape index (κ3) is 3.40. The van der Waals surface area contributed by atoms with E-state index in [-0.39, 0.29) is 5.91 Å². The molecule has 1 atom stereocenters. The quantitative estimate of drug-likeness (QED) is 0.617. The number of H-pyrrole nitrogens is 1. The summed E-state index contributed by atoms with van der Waals surface area (Å²) >= 11 is 1.16. The Morgan fingerprint density at radius 1 is 1.38 bits per heavy atom. The summed E-state index contributed by atoms with van der Waals surface area (Å²) in [6.45, 7) is 2.89. The largest absolute Gasteiger partial charge is 0.486 e. The maximum atomic E-state index is 12.5. The van der Waals surface area contributed by atoms with Crippen LogP contribution >= 0.6 is 11.8 Å². The molecule has 24 heavy (non-hydrogen) atoms. The number of carbonyl (C=O) groups excluding carboxylic acids is 1. The van der Waals surface area contributed by atoms with Crippen LogP contribution in [-0.4, -0.2) is 29.6 Å². The lowest BCUT2D eigenvalue weighted by Crippen LogP contribution is -2.35. The number of anilines is 1. The Hall–Kier alpha value is -2.42. The van der Waals surface area contributed by atoms with Gasteiger partial charge in [-0.05, 0) is 35.6 Å². The number of rotatable bonds is 5. The monoisotopic (exact) mass is 352 g/mol. The van der Waals surface area contributed by atoms with E-state index in [2.05, 4.69) is 10.6 Å². The van der Waals surface area contributed by atoms with E-state index in [0.717, 1.165) is 11.8 Å². The molecule has 0 fully saturated rings. The zero-order chi connectivity index (χ0) is 17.1. The van der Waals surface area contributed by atoms with Gasteiger partial charge in [0.25, 0.3) is 0 Å². The molecule has 0 radical (unpaired) electrons. The number of aromatic nitrogens is 2. The van der Waals surface area contributed by atoms with E-state index in [1.807, 2.05) is 6.92 Å². The molecule has 3 rings (SSSR count). The van der Waals surface area contributed by atoms with Gasteiger partial charge in [0.2, 0.25) is 5.91 Å². The normalized spacial score (nSPS) is 14.2. The third-order valence-corrected chi connectivity index (χ3v) is 4.98. The summed E-state index contributed by atoms with van der Waals surface area (Å²) in [6, 6.07) is 5.25. The number of ether oxygens (including phenoxy) is 2. The fourth-order valence-corrected chi connectivity index (χ4v) is 3.20. The van der Waals surface area contributed by atoms with Crippen LogP contribution in [0.4, 0.5) is 5.69 Å². The number of nitrogens with zero attached hydrogens (tertiary/aromatic N) is 1. The molecule has 0 saturated carbocycles. The molecule has 1 aromatic carbocycles. The minimum atomic E-state index is -0.493. The van der Waals surface area contributed by atoms with E-state index < -0.39 is 10.9 Å². The number of hydrogen-bond acceptors (Lipinski definition) is 6. The molecule has 0 spiro atoms. The van der Waals surface area contributed by atoms with Crippen molar-refractivity contribution in [2.24, 2.45) is 7.05 Å². The molecule has 9 heteroatoms. The fraction of sp³-hybridized carbons (Fsp3) is 0.400. The first kappa shape index (κ1) is 16.4. The summed E-state index contributed by atoms with van der Waals surface area (Å²) in [7, 11) is 1.65. The molecule has 1 aromatic heterocycles. The molecule has 2 heterocycles. The smallest absolute Gasteiger partial charge is 0.441 e. The second-order valence-corrected chi connectivity index (χ2v) is 6.40. The zero-order valence-electron chi connectivity index (χ0n) is 13.3. The highest BCUT2D eigenvalue weighted by molar-refractivity contribution is 8.00. The molecule has 1 unspecified atom stereocenters. The highest BCUT2D eigenvalue weighted by atomic mass is 32.2. The number of benzene rings is 1. The first-order valence-corrected chi connectivity index (χ1v) is 8.41. The van der Waals surface area contributed by atoms with Gasteiger partial charge in [-0.25, -0.2) is 4.79 Å². The Balaban J connectivity index is 1.72. The minimum absolute atomic E-state index is 0.195. The van der Waals surface area contributed by atoms with Crippen molar-refractivity contribution in [1.29, 1.82) is 0 Å². The van der Waals surface area contributed by atoms with Crippen molar-refractivity contribution in [3.05, 3.63) is 28.6 Å². The molecule has 0 aliphatic carbocycles. The maximum Gasteiger partial charge on any atom is 0.441 e. The topological polar surface area (TPSA) is 97.4 Å². The van der Waals surface area contributed by atoms with E-state index in [0.29, 0.717) is 41.8 Å². The lowest BCUT2D eigenvalue weighted by Gasteiger charge is -2.19. The molecule has 1 amide bonds. The van der Waals surface area contributed by atoms with Crippen molar-refractivity contribution in [1.82, 2.24) is 5.27 Å². The first-order valence-electron chi connectivity index (χ1n) is 7.53. The fourth-order valence-electron chi connectivity index (χ4n) is 2.26. The Kier molecular flexibility index (Phi) is 4.79. The SMILES string of the molecule is CCC(Sc1c(=O)o[nH][n+]1C)C(=O)Nc1ccc2c(c1)OCCO2. The molecule has 1 aliphatic heterocycles. The number of aryl methyl sites for hydroxylation is 1. The highest BCUT2D eigenvalue weighted by Crippen LogP contribution is 2.33. The molecule has 0 saturated heterocycles. The predicted molar refractivity (Wildman–Crippen MR) is 86.5 cm³/mol. The molecular formula is C15H18N3O5S+. The Morgan fingerprint density at radius 2 is 2.12 bits per heavy atom. The summed E-state index contributed by atoms with van der Waals surface area (Å²) in [5.41, 5.74) is 0.127. The molecule has 0 bridgehead atoms. The van der Waals surface area contributed by atoms with Crippen LogP contribution in [0.15, 0.2) is 32.5 Å². The maximum absolute atomic E-state index is 12.5. The van der Waals surface area contributed by atoms with E-state index in [1.165, 1.54) is 4.68 Å². The molecule has 2 aromatic rings. The number of nitrogens with one attached hydrogen (secondary N) is 2. The van der Waals surface area contributed by atoms with Gasteiger partial charge < -0.3 is 14.8 Å². The van der Waals surface area contributed by atoms with Crippen molar-refractivity contribution < 1.29 is 23.5 Å². The Bertz CT molecular complexity index is 801. The van der Waals surface area contributed by atoms with Crippen LogP contribution in [0.2, 0.25) is 0 Å². The van der Waals surface area contributed by atoms with Crippen LogP contribution in [0.3, 0.4) is 0 Å². The Labute approximate surface area is 142 Å². The number of hydrogen-bond donors (Lipinski definition) is 2. The van der Waals surface area contributed by atoms with Gasteiger partial charge in [-0.2, -0.15) is 0 Å². The van der Waals surface area contributed by atoms with Gasteiger partial charge >= 0.3 is 10.7 Å². The van der Waals surface area contributed by atoms with Crippen molar-refractivity contribution in [2.45, 2.75) is 23.6 Å². The van der Waals surface area contributed by atoms with Crippen LogP contribution in [0.5, 0.6) is 11.5 Å². The summed E-state index contributed by atoms with van der Waals surface area (Å²) in [6.07, 6.45) is 0.561. The number of thioether (sulfide) groups is 1. The van der Waals surface area contributed by atoms with E-state index in [4.69, 9.17) is 14.0 Å². The minimum Gasteiger partial charge on any atom is -0.486 e. The van der Waals surface area contributed by atoms with Crippen molar-refractivity contribution in [3.8, 4) is 11.5 Å². The number of aromatic amines is 1. The summed E-state index contributed by atoms with van der Waals surface area (Å²) in [5.74, 6) is 1.08. The van der Waals surface area contributed by atoms with Gasteiger partial charge in [-0.1, -0.05) is 11.6 Å². The van der Waals surface area contributed by atoms with Gasteiger partial charge in [0.15, 0.2) is 18.5 Å². The number of amides is 1. The number of fused-ring (bicyclic) bond motifs is 1. The summed E-state index contributed by atoms with van der Waals surface area (Å²) < 4.78 is 17.1. The molecule has 8 nitrogen and oxygen atoms in total. The summed E-state index contributed by atoms with van der Waals surface area (Å²) in [4.78, 5) is 24.1. The molecular weight excluding hydrogens is 334 g/mol. The highest BCUT2D eigenvalue weighted by Gasteiger charge is 2.27. The standard InChI is InChI=1S/C15H17N3O5S/c1-3-12(24-14-15(20)23-17-18(14)2)13(19)16-9-4-5-10-11(8-9)22-7-6-21-10/h4-5,8,12H,3,6-7H2,1-2H3,(H-,16,17,19,20)/p+1. The van der Waals surface area contributed by atoms with Gasteiger partial charge in [0.05, 0.1) is 5.25 Å². The second-order valence-electron chi connectivity index (χ2n) is 5.21. The van der Waals surface area contributed by atoms with E-state index >= 15 is 0 Å². The van der Waals surface area contributed by atoms with Crippen molar-refractivity contribution in [2.75, 3.05) is 18.5 Å². The average Bonchev–Trinajstić information content (AvgIpc) is 2.90. The van der Waals surface area contributed by atoms with Crippen LogP contribution < -0.4 is 25.1 Å². The lowest BCUT2D eigenvalue weighted by atomic mass is 10.2. The predicted octanol–water partition coefficient (Wildman–Crippen LogP) is 1.07. The van der Waals surface area contributed by atoms with Crippen molar-refractivity contribution >= 4 is 23.4 Å². The van der Waals surface area contributed by atoms with Crippen LogP contribution in [0, 0.1) is 0 Å². The molecule has 1 aliphatic rings. The van der Waals surface area contributed by atoms with E-state index in [1.54, 1.807) is 25.2 Å². The van der Waals surface area contributed by atoms with E-state index in [9.17, 15) is 9.59 Å². The van der Waals surface area contributed by atoms with Crippen molar-refractivity contribution in [3.63, 3.8) is 0 Å². The zero-order valence-corrected chi connectivity index (χ0v) is 14.1. The van der Waals surface area contributed by atoms with Crippen LogP contribution in [0.25, 0.3) is 0 Å². The second kappa shape index (κ2) is 7.00. The van der Waals surface area contributed by atoms with Gasteiger partial charge in [0.1, 0.15) is 13.2 Å². The van der Waals surface area contributed by atoms with Gasteiger partial charge in [-0.15, -0.1) is 0 Å². The third-order valence-electron chi connectivity index (χ3n) is 3.48. The lowest BCUT2D eigenvalue weighted by molar-refractivity contribution is -0.772. The Morgan fingerprint density at radius 3 is 2.79 bits per heavy atom. The van der Waals surface area contributed by atoms with Crippen LogP contribution in [0.1, 0.15) is 13.3 Å². The average molecular weight is 352 g/mol. The molecule has 128 valence electrons.